The average Bonchev–Trinajstić information content (AvgIpc) is 2.54. The lowest BCUT2D eigenvalue weighted by Gasteiger charge is -2.17. The summed E-state index contributed by atoms with van der Waals surface area (Å²) < 4.78 is 19.3. The number of ether oxygens (including phenoxy) is 1. The van der Waals surface area contributed by atoms with Crippen molar-refractivity contribution in [2.75, 3.05) is 13.7 Å². The van der Waals surface area contributed by atoms with Gasteiger partial charge < -0.3 is 9.64 Å². The summed E-state index contributed by atoms with van der Waals surface area (Å²) in [5.74, 6) is -1.37. The predicted octanol–water partition coefficient (Wildman–Crippen LogP) is 3.40. The quantitative estimate of drug-likeness (QED) is 0.747. The third-order valence-electron chi connectivity index (χ3n) is 3.18. The first-order valence-electron chi connectivity index (χ1n) is 6.87. The van der Waals surface area contributed by atoms with E-state index in [0.717, 1.165) is 4.47 Å². The largest absolute Gasteiger partial charge is 0.452 e. The Morgan fingerprint density at radius 1 is 1.17 bits per heavy atom. The van der Waals surface area contributed by atoms with Crippen molar-refractivity contribution < 1.29 is 18.7 Å². The van der Waals surface area contributed by atoms with Gasteiger partial charge in [-0.25, -0.2) is 9.18 Å². The van der Waals surface area contributed by atoms with Crippen LogP contribution in [0, 0.1) is 5.82 Å². The number of hydrogen-bond donors (Lipinski definition) is 0. The number of benzene rings is 2. The van der Waals surface area contributed by atoms with E-state index in [4.69, 9.17) is 4.74 Å². The number of likely N-dealkylation sites (N-methyl/N-ethyl adjacent to an activating group) is 1. The summed E-state index contributed by atoms with van der Waals surface area (Å²) in [4.78, 5) is 25.2. The predicted molar refractivity (Wildman–Crippen MR) is 87.3 cm³/mol. The molecule has 0 fully saturated rings. The van der Waals surface area contributed by atoms with Crippen LogP contribution in [0.1, 0.15) is 15.9 Å². The van der Waals surface area contributed by atoms with Crippen molar-refractivity contribution in [2.24, 2.45) is 0 Å². The van der Waals surface area contributed by atoms with Crippen LogP contribution in [0.5, 0.6) is 0 Å². The van der Waals surface area contributed by atoms with Crippen LogP contribution in [0.25, 0.3) is 0 Å². The molecule has 6 heteroatoms. The van der Waals surface area contributed by atoms with Gasteiger partial charge in [0.15, 0.2) is 6.61 Å². The lowest BCUT2D eigenvalue weighted by atomic mass is 10.2. The van der Waals surface area contributed by atoms with Gasteiger partial charge in [0.2, 0.25) is 0 Å². The number of esters is 1. The van der Waals surface area contributed by atoms with Gasteiger partial charge in [0.25, 0.3) is 5.91 Å². The Bertz CT molecular complexity index is 720. The fourth-order valence-corrected chi connectivity index (χ4v) is 2.31. The topological polar surface area (TPSA) is 46.6 Å². The van der Waals surface area contributed by atoms with E-state index in [9.17, 15) is 14.0 Å². The molecule has 0 bridgehead atoms. The number of carbonyl (C=O) groups is 2. The zero-order chi connectivity index (χ0) is 16.8. The lowest BCUT2D eigenvalue weighted by molar-refractivity contribution is -0.133. The maximum absolute atomic E-state index is 13.6. The highest BCUT2D eigenvalue weighted by Gasteiger charge is 2.15. The second-order valence-electron chi connectivity index (χ2n) is 4.93. The van der Waals surface area contributed by atoms with Gasteiger partial charge in [-0.15, -0.1) is 0 Å². The zero-order valence-electron chi connectivity index (χ0n) is 12.5. The number of halogens is 2. The first kappa shape index (κ1) is 17.1. The molecule has 0 spiro atoms. The van der Waals surface area contributed by atoms with E-state index < -0.39 is 18.5 Å². The maximum Gasteiger partial charge on any atom is 0.338 e. The number of carbonyl (C=O) groups excluding carboxylic acids is 2. The lowest BCUT2D eigenvalue weighted by Crippen LogP contribution is -2.31. The molecule has 2 aromatic rings. The van der Waals surface area contributed by atoms with Crippen LogP contribution in [0.15, 0.2) is 53.0 Å². The Balaban J connectivity index is 1.89. The van der Waals surface area contributed by atoms with Crippen LogP contribution in [-0.4, -0.2) is 30.4 Å². The molecule has 0 aliphatic rings. The third-order valence-corrected chi connectivity index (χ3v) is 3.67. The van der Waals surface area contributed by atoms with E-state index in [1.54, 1.807) is 42.5 Å². The third kappa shape index (κ3) is 4.89. The van der Waals surface area contributed by atoms with Crippen molar-refractivity contribution in [3.05, 3.63) is 69.9 Å². The van der Waals surface area contributed by atoms with Crippen molar-refractivity contribution in [2.45, 2.75) is 6.54 Å². The van der Waals surface area contributed by atoms with Gasteiger partial charge in [0.05, 0.1) is 5.56 Å². The molecular weight excluding hydrogens is 365 g/mol. The number of amides is 1. The number of hydrogen-bond acceptors (Lipinski definition) is 3. The molecule has 0 heterocycles. The molecule has 0 unspecified atom stereocenters. The van der Waals surface area contributed by atoms with Crippen molar-refractivity contribution in [1.29, 1.82) is 0 Å². The zero-order valence-corrected chi connectivity index (χ0v) is 14.0. The molecule has 0 aliphatic heterocycles. The highest BCUT2D eigenvalue weighted by atomic mass is 79.9. The van der Waals surface area contributed by atoms with E-state index in [1.165, 1.54) is 18.0 Å². The Labute approximate surface area is 142 Å². The second-order valence-corrected chi connectivity index (χ2v) is 5.84. The van der Waals surface area contributed by atoms with Crippen LogP contribution in [0.3, 0.4) is 0 Å². The summed E-state index contributed by atoms with van der Waals surface area (Å²) in [6.45, 7) is -0.282. The van der Waals surface area contributed by atoms with Gasteiger partial charge in [0, 0.05) is 23.6 Å². The normalized spacial score (nSPS) is 10.2. The van der Waals surface area contributed by atoms with Crippen molar-refractivity contribution in [3.8, 4) is 0 Å². The summed E-state index contributed by atoms with van der Waals surface area (Å²) in [5.41, 5.74) is 0.755. The van der Waals surface area contributed by atoms with Crippen molar-refractivity contribution in [1.82, 2.24) is 4.90 Å². The minimum Gasteiger partial charge on any atom is -0.452 e. The van der Waals surface area contributed by atoms with E-state index in [2.05, 4.69) is 15.9 Å². The molecular formula is C17H15BrFNO3. The van der Waals surface area contributed by atoms with Crippen LogP contribution in [0.4, 0.5) is 4.39 Å². The van der Waals surface area contributed by atoms with E-state index >= 15 is 0 Å². The average molecular weight is 380 g/mol. The Hall–Kier alpha value is -2.21. The SMILES string of the molecule is CN(Cc1ccccc1F)C(=O)COC(=O)c1cccc(Br)c1. The summed E-state index contributed by atoms with van der Waals surface area (Å²) in [7, 11) is 1.53. The summed E-state index contributed by atoms with van der Waals surface area (Å²) in [6, 6.07) is 12.9. The van der Waals surface area contributed by atoms with Crippen molar-refractivity contribution in [3.63, 3.8) is 0 Å². The fourth-order valence-electron chi connectivity index (χ4n) is 1.91. The molecule has 0 aliphatic carbocycles. The Morgan fingerprint density at radius 2 is 1.91 bits per heavy atom. The van der Waals surface area contributed by atoms with Crippen molar-refractivity contribution >= 4 is 27.8 Å². The maximum atomic E-state index is 13.6. The molecule has 0 saturated heterocycles. The van der Waals surface area contributed by atoms with Gasteiger partial charge in [0.1, 0.15) is 5.82 Å². The van der Waals surface area contributed by atoms with E-state index in [1.807, 2.05) is 0 Å². The molecule has 2 rings (SSSR count). The summed E-state index contributed by atoms with van der Waals surface area (Å²) in [6.07, 6.45) is 0. The molecule has 4 nitrogen and oxygen atoms in total. The molecule has 0 radical (unpaired) electrons. The Kier molecular flexibility index (Phi) is 5.87. The monoisotopic (exact) mass is 379 g/mol. The molecule has 2 aromatic carbocycles. The van der Waals surface area contributed by atoms with E-state index in [-0.39, 0.29) is 12.4 Å². The van der Waals surface area contributed by atoms with Gasteiger partial charge in [-0.2, -0.15) is 0 Å². The summed E-state index contributed by atoms with van der Waals surface area (Å²) in [5, 5.41) is 0. The first-order chi connectivity index (χ1) is 11.0. The Morgan fingerprint density at radius 3 is 2.61 bits per heavy atom. The smallest absolute Gasteiger partial charge is 0.338 e. The molecule has 0 saturated carbocycles. The minimum absolute atomic E-state index is 0.111. The highest BCUT2D eigenvalue weighted by Crippen LogP contribution is 2.13. The molecule has 0 aromatic heterocycles. The van der Waals surface area contributed by atoms with E-state index in [0.29, 0.717) is 11.1 Å². The minimum atomic E-state index is -0.584. The van der Waals surface area contributed by atoms with Gasteiger partial charge in [-0.05, 0) is 24.3 Å². The highest BCUT2D eigenvalue weighted by molar-refractivity contribution is 9.10. The van der Waals surface area contributed by atoms with Gasteiger partial charge in [-0.3, -0.25) is 4.79 Å². The molecule has 0 atom stereocenters. The number of nitrogens with zero attached hydrogens (tertiary/aromatic N) is 1. The van der Waals surface area contributed by atoms with Crippen LogP contribution in [-0.2, 0) is 16.1 Å². The van der Waals surface area contributed by atoms with Crippen LogP contribution < -0.4 is 0 Å². The standard InChI is InChI=1S/C17H15BrFNO3/c1-20(10-13-5-2-3-8-15(13)19)16(21)11-23-17(22)12-6-4-7-14(18)9-12/h2-9H,10-11H2,1H3. The molecule has 0 N–H and O–H groups in total. The second kappa shape index (κ2) is 7.87. The molecule has 1 amide bonds. The molecule has 120 valence electrons. The van der Waals surface area contributed by atoms with Gasteiger partial charge in [-0.1, -0.05) is 40.2 Å². The van der Waals surface area contributed by atoms with Gasteiger partial charge >= 0.3 is 5.97 Å². The summed E-state index contributed by atoms with van der Waals surface area (Å²) >= 11 is 3.26. The number of rotatable bonds is 5. The first-order valence-corrected chi connectivity index (χ1v) is 7.66. The molecule has 23 heavy (non-hydrogen) atoms. The van der Waals surface area contributed by atoms with Crippen LogP contribution >= 0.6 is 15.9 Å². The fraction of sp³-hybridized carbons (Fsp3) is 0.176. The van der Waals surface area contributed by atoms with Crippen LogP contribution in [0.2, 0.25) is 0 Å².